The first kappa shape index (κ1) is 9.72. The van der Waals surface area contributed by atoms with E-state index in [0.717, 1.165) is 19.1 Å². The molecule has 2 nitrogen and oxygen atoms in total. The van der Waals surface area contributed by atoms with Crippen molar-refractivity contribution in [2.75, 3.05) is 0 Å². The number of hydrogen-bond acceptors (Lipinski definition) is 2. The first-order valence-corrected chi connectivity index (χ1v) is 4.89. The van der Waals surface area contributed by atoms with Crippen LogP contribution >= 0.6 is 0 Å². The Bertz CT molecular complexity index is 139. The summed E-state index contributed by atoms with van der Waals surface area (Å²) < 4.78 is 0. The van der Waals surface area contributed by atoms with Crippen LogP contribution in [0.2, 0.25) is 0 Å². The molecule has 1 rings (SSSR count). The lowest BCUT2D eigenvalue weighted by atomic mass is 9.81. The normalized spacial score (nSPS) is 24.8. The summed E-state index contributed by atoms with van der Waals surface area (Å²) in [7, 11) is 0. The molecule has 0 bridgehead atoms. The number of aliphatic hydroxyl groups is 1. The Morgan fingerprint density at radius 3 is 2.42 bits per heavy atom. The minimum absolute atomic E-state index is 0.187. The van der Waals surface area contributed by atoms with E-state index in [2.05, 4.69) is 0 Å². The molecule has 1 N–H and O–H groups in total. The van der Waals surface area contributed by atoms with Crippen LogP contribution in [-0.2, 0) is 4.79 Å². The van der Waals surface area contributed by atoms with E-state index < -0.39 is 6.10 Å². The molecule has 1 aliphatic carbocycles. The predicted molar refractivity (Wildman–Crippen MR) is 47.8 cm³/mol. The van der Waals surface area contributed by atoms with Crippen molar-refractivity contribution < 1.29 is 9.90 Å². The average molecular weight is 170 g/mol. The lowest BCUT2D eigenvalue weighted by Gasteiger charge is -2.28. The van der Waals surface area contributed by atoms with Crippen LogP contribution in [0.3, 0.4) is 0 Å². The highest BCUT2D eigenvalue weighted by molar-refractivity contribution is 5.53. The highest BCUT2D eigenvalue weighted by atomic mass is 16.3. The summed E-state index contributed by atoms with van der Waals surface area (Å²) >= 11 is 0. The molecule has 0 saturated heterocycles. The summed E-state index contributed by atoms with van der Waals surface area (Å²) in [6.07, 6.45) is 6.37. The van der Waals surface area contributed by atoms with Gasteiger partial charge < -0.3 is 9.90 Å². The maximum Gasteiger partial charge on any atom is 0.125 e. The molecule has 0 unspecified atom stereocenters. The quantitative estimate of drug-likeness (QED) is 0.655. The van der Waals surface area contributed by atoms with E-state index in [1.54, 1.807) is 6.92 Å². The third-order valence-electron chi connectivity index (χ3n) is 2.89. The number of carbonyl (C=O) groups is 1. The third kappa shape index (κ3) is 2.31. The second-order valence-corrected chi connectivity index (χ2v) is 3.88. The first-order chi connectivity index (χ1) is 5.75. The highest BCUT2D eigenvalue weighted by Crippen LogP contribution is 2.28. The molecule has 1 aliphatic rings. The molecular weight excluding hydrogens is 152 g/mol. The molecule has 2 heteroatoms. The lowest BCUT2D eigenvalue weighted by molar-refractivity contribution is -0.115. The molecule has 0 aromatic rings. The van der Waals surface area contributed by atoms with E-state index in [1.165, 1.54) is 19.3 Å². The third-order valence-corrected chi connectivity index (χ3v) is 2.89. The van der Waals surface area contributed by atoms with Crippen LogP contribution in [0.1, 0.15) is 39.0 Å². The van der Waals surface area contributed by atoms with Gasteiger partial charge in [-0.1, -0.05) is 26.2 Å². The average Bonchev–Trinajstić information content (AvgIpc) is 2.17. The van der Waals surface area contributed by atoms with E-state index in [-0.39, 0.29) is 5.92 Å². The Labute approximate surface area is 74.0 Å². The Kier molecular flexibility index (Phi) is 3.73. The van der Waals surface area contributed by atoms with Crippen molar-refractivity contribution in [3.8, 4) is 0 Å². The van der Waals surface area contributed by atoms with Gasteiger partial charge in [0.1, 0.15) is 6.29 Å². The van der Waals surface area contributed by atoms with Gasteiger partial charge in [0, 0.05) is 5.92 Å². The fourth-order valence-electron chi connectivity index (χ4n) is 1.99. The van der Waals surface area contributed by atoms with Crippen LogP contribution in [0.25, 0.3) is 0 Å². The van der Waals surface area contributed by atoms with Gasteiger partial charge in [-0.3, -0.25) is 0 Å². The summed E-state index contributed by atoms with van der Waals surface area (Å²) in [6, 6.07) is 0. The maximum absolute atomic E-state index is 10.4. The van der Waals surface area contributed by atoms with Gasteiger partial charge in [-0.25, -0.2) is 0 Å². The van der Waals surface area contributed by atoms with Crippen molar-refractivity contribution >= 4 is 6.29 Å². The molecule has 1 fully saturated rings. The molecule has 0 amide bonds. The Morgan fingerprint density at radius 2 is 1.92 bits per heavy atom. The SMILES string of the molecule is C[C@@H](C=O)[C@@H](O)C1CCCCC1. The van der Waals surface area contributed by atoms with E-state index in [0.29, 0.717) is 5.92 Å². The fraction of sp³-hybridized carbons (Fsp3) is 0.900. The van der Waals surface area contributed by atoms with Crippen molar-refractivity contribution in [2.45, 2.75) is 45.1 Å². The number of aldehydes is 1. The molecule has 0 aromatic heterocycles. The van der Waals surface area contributed by atoms with Crippen LogP contribution in [0, 0.1) is 11.8 Å². The standard InChI is InChI=1S/C10H18O2/c1-8(7-11)10(12)9-5-3-2-4-6-9/h7-10,12H,2-6H2,1H3/t8-,10+/m0/s1. The fourth-order valence-corrected chi connectivity index (χ4v) is 1.99. The van der Waals surface area contributed by atoms with Crippen molar-refractivity contribution in [2.24, 2.45) is 11.8 Å². The van der Waals surface area contributed by atoms with Gasteiger partial charge >= 0.3 is 0 Å². The van der Waals surface area contributed by atoms with Gasteiger partial charge in [-0.15, -0.1) is 0 Å². The van der Waals surface area contributed by atoms with E-state index in [9.17, 15) is 9.90 Å². The zero-order chi connectivity index (χ0) is 8.97. The minimum atomic E-state index is -0.400. The Morgan fingerprint density at radius 1 is 1.33 bits per heavy atom. The lowest BCUT2D eigenvalue weighted by Crippen LogP contribution is -2.29. The molecular formula is C10H18O2. The van der Waals surface area contributed by atoms with Gasteiger partial charge in [0.15, 0.2) is 0 Å². The van der Waals surface area contributed by atoms with Crippen molar-refractivity contribution in [1.82, 2.24) is 0 Å². The highest BCUT2D eigenvalue weighted by Gasteiger charge is 2.25. The van der Waals surface area contributed by atoms with Crippen molar-refractivity contribution in [3.05, 3.63) is 0 Å². The molecule has 12 heavy (non-hydrogen) atoms. The van der Waals surface area contributed by atoms with Gasteiger partial charge in [-0.2, -0.15) is 0 Å². The van der Waals surface area contributed by atoms with Gasteiger partial charge in [0.2, 0.25) is 0 Å². The first-order valence-electron chi connectivity index (χ1n) is 4.89. The zero-order valence-corrected chi connectivity index (χ0v) is 7.70. The molecule has 0 spiro atoms. The van der Waals surface area contributed by atoms with Crippen LogP contribution in [0.15, 0.2) is 0 Å². The minimum Gasteiger partial charge on any atom is -0.392 e. The summed E-state index contributed by atoms with van der Waals surface area (Å²) in [5, 5.41) is 9.71. The molecule has 2 atom stereocenters. The van der Waals surface area contributed by atoms with Crippen LogP contribution in [0.4, 0.5) is 0 Å². The predicted octanol–water partition coefficient (Wildman–Crippen LogP) is 1.76. The number of carbonyl (C=O) groups excluding carboxylic acids is 1. The van der Waals surface area contributed by atoms with E-state index >= 15 is 0 Å². The second kappa shape index (κ2) is 4.61. The van der Waals surface area contributed by atoms with Crippen molar-refractivity contribution in [1.29, 1.82) is 0 Å². The second-order valence-electron chi connectivity index (χ2n) is 3.88. The zero-order valence-electron chi connectivity index (χ0n) is 7.70. The molecule has 0 aromatic carbocycles. The smallest absolute Gasteiger partial charge is 0.125 e. The Balaban J connectivity index is 2.38. The Hall–Kier alpha value is -0.370. The summed E-state index contributed by atoms with van der Waals surface area (Å²) in [6.45, 7) is 1.80. The van der Waals surface area contributed by atoms with Crippen LogP contribution in [-0.4, -0.2) is 17.5 Å². The molecule has 70 valence electrons. The molecule has 0 aliphatic heterocycles. The maximum atomic E-state index is 10.4. The van der Waals surface area contributed by atoms with E-state index in [4.69, 9.17) is 0 Å². The van der Waals surface area contributed by atoms with Gasteiger partial charge in [0.25, 0.3) is 0 Å². The number of rotatable bonds is 3. The number of aliphatic hydroxyl groups excluding tert-OH is 1. The summed E-state index contributed by atoms with van der Waals surface area (Å²) in [5.74, 6) is 0.187. The van der Waals surface area contributed by atoms with Crippen molar-refractivity contribution in [3.63, 3.8) is 0 Å². The van der Waals surface area contributed by atoms with E-state index in [1.807, 2.05) is 0 Å². The number of hydrogen-bond donors (Lipinski definition) is 1. The topological polar surface area (TPSA) is 37.3 Å². The summed E-state index contributed by atoms with van der Waals surface area (Å²) in [5.41, 5.74) is 0. The monoisotopic (exact) mass is 170 g/mol. The largest absolute Gasteiger partial charge is 0.392 e. The van der Waals surface area contributed by atoms with Crippen LogP contribution < -0.4 is 0 Å². The summed E-state index contributed by atoms with van der Waals surface area (Å²) in [4.78, 5) is 10.4. The molecule has 0 radical (unpaired) electrons. The molecule has 0 heterocycles. The van der Waals surface area contributed by atoms with Crippen LogP contribution in [0.5, 0.6) is 0 Å². The molecule has 1 saturated carbocycles. The van der Waals surface area contributed by atoms with Gasteiger partial charge in [0.05, 0.1) is 6.10 Å². The van der Waals surface area contributed by atoms with Gasteiger partial charge in [-0.05, 0) is 18.8 Å².